The Morgan fingerprint density at radius 3 is 3.00 bits per heavy atom. The molecule has 2 heteroatoms. The molecule has 0 fully saturated rings. The Hall–Kier alpha value is -0.0900. The first-order valence-electron chi connectivity index (χ1n) is 4.32. The average molecular weight is 273 g/mol. The van der Waals surface area contributed by atoms with E-state index < -0.39 is 0 Å². The maximum atomic E-state index is 6.04. The summed E-state index contributed by atoms with van der Waals surface area (Å²) in [5.41, 5.74) is 8.89. The molecule has 0 heterocycles. The van der Waals surface area contributed by atoms with Crippen molar-refractivity contribution in [1.29, 1.82) is 0 Å². The van der Waals surface area contributed by atoms with Crippen LogP contribution in [0.15, 0.2) is 18.2 Å². The molecule has 0 amide bonds. The molecule has 0 aromatic heterocycles. The molecule has 1 aromatic carbocycles. The van der Waals surface area contributed by atoms with Gasteiger partial charge < -0.3 is 5.73 Å². The third-order valence-electron chi connectivity index (χ3n) is 2.48. The van der Waals surface area contributed by atoms with E-state index in [0.29, 0.717) is 0 Å². The number of aryl methyl sites for hydroxylation is 1. The standard InChI is InChI=1S/C10H12IN/c11-8-5-1-3-7-4-2-6-9(12)10(7)8/h1,3,5,9H,2,4,6,12H2. The predicted molar refractivity (Wildman–Crippen MR) is 59.0 cm³/mol. The number of fused-ring (bicyclic) bond motifs is 1. The predicted octanol–water partition coefficient (Wildman–Crippen LogP) is 2.63. The van der Waals surface area contributed by atoms with Crippen molar-refractivity contribution in [2.45, 2.75) is 25.3 Å². The Balaban J connectivity index is 2.53. The Kier molecular flexibility index (Phi) is 2.37. The van der Waals surface area contributed by atoms with Gasteiger partial charge in [0.2, 0.25) is 0 Å². The fourth-order valence-corrected chi connectivity index (χ4v) is 2.83. The van der Waals surface area contributed by atoms with Gasteiger partial charge >= 0.3 is 0 Å². The van der Waals surface area contributed by atoms with Crippen LogP contribution in [0.1, 0.15) is 30.0 Å². The molecular formula is C10H12IN. The topological polar surface area (TPSA) is 26.0 Å². The monoisotopic (exact) mass is 273 g/mol. The molecule has 0 spiro atoms. The normalized spacial score (nSPS) is 22.0. The highest BCUT2D eigenvalue weighted by Crippen LogP contribution is 2.31. The zero-order valence-electron chi connectivity index (χ0n) is 6.89. The lowest BCUT2D eigenvalue weighted by atomic mass is 9.88. The van der Waals surface area contributed by atoms with Crippen LogP contribution < -0.4 is 5.73 Å². The number of nitrogens with two attached hydrogens (primary N) is 1. The van der Waals surface area contributed by atoms with E-state index in [0.717, 1.165) is 6.42 Å². The van der Waals surface area contributed by atoms with Crippen molar-refractivity contribution in [2.75, 3.05) is 0 Å². The van der Waals surface area contributed by atoms with Gasteiger partial charge in [-0.05, 0) is 59.0 Å². The molecule has 1 aliphatic carbocycles. The molecule has 0 radical (unpaired) electrons. The molecule has 2 N–H and O–H groups in total. The van der Waals surface area contributed by atoms with E-state index in [-0.39, 0.29) is 6.04 Å². The van der Waals surface area contributed by atoms with Crippen LogP contribution in [-0.2, 0) is 6.42 Å². The second-order valence-electron chi connectivity index (χ2n) is 3.31. The largest absolute Gasteiger partial charge is 0.324 e. The minimum absolute atomic E-state index is 0.279. The van der Waals surface area contributed by atoms with Gasteiger partial charge in [-0.15, -0.1) is 0 Å². The molecule has 1 atom stereocenters. The molecule has 12 heavy (non-hydrogen) atoms. The minimum atomic E-state index is 0.279. The van der Waals surface area contributed by atoms with E-state index in [2.05, 4.69) is 40.8 Å². The van der Waals surface area contributed by atoms with Gasteiger partial charge in [-0.25, -0.2) is 0 Å². The average Bonchev–Trinajstić information content (AvgIpc) is 2.04. The zero-order chi connectivity index (χ0) is 8.55. The maximum Gasteiger partial charge on any atom is 0.0308 e. The van der Waals surface area contributed by atoms with Crippen molar-refractivity contribution in [1.82, 2.24) is 0 Å². The summed E-state index contributed by atoms with van der Waals surface area (Å²) < 4.78 is 1.33. The Bertz CT molecular complexity index is 296. The molecule has 1 aromatic rings. The summed E-state index contributed by atoms with van der Waals surface area (Å²) in [4.78, 5) is 0. The zero-order valence-corrected chi connectivity index (χ0v) is 9.04. The van der Waals surface area contributed by atoms with Gasteiger partial charge in [0.05, 0.1) is 0 Å². The van der Waals surface area contributed by atoms with Crippen molar-refractivity contribution in [3.8, 4) is 0 Å². The van der Waals surface area contributed by atoms with Crippen LogP contribution in [0.4, 0.5) is 0 Å². The summed E-state index contributed by atoms with van der Waals surface area (Å²) in [6.07, 6.45) is 3.60. The highest BCUT2D eigenvalue weighted by molar-refractivity contribution is 14.1. The van der Waals surface area contributed by atoms with Crippen LogP contribution in [0.5, 0.6) is 0 Å². The summed E-state index contributed by atoms with van der Waals surface area (Å²) >= 11 is 2.38. The summed E-state index contributed by atoms with van der Waals surface area (Å²) in [7, 11) is 0. The number of hydrogen-bond acceptors (Lipinski definition) is 1. The van der Waals surface area contributed by atoms with E-state index >= 15 is 0 Å². The second-order valence-corrected chi connectivity index (χ2v) is 4.47. The Labute approximate surface area is 86.5 Å². The number of benzene rings is 1. The lowest BCUT2D eigenvalue weighted by Crippen LogP contribution is -2.18. The third-order valence-corrected chi connectivity index (χ3v) is 3.42. The molecule has 1 aliphatic rings. The third kappa shape index (κ3) is 1.38. The quantitative estimate of drug-likeness (QED) is 0.722. The van der Waals surface area contributed by atoms with Gasteiger partial charge in [-0.3, -0.25) is 0 Å². The first-order chi connectivity index (χ1) is 5.79. The van der Waals surface area contributed by atoms with Crippen LogP contribution in [0.3, 0.4) is 0 Å². The molecule has 1 unspecified atom stereocenters. The number of halogens is 1. The summed E-state index contributed by atoms with van der Waals surface area (Å²) in [5.74, 6) is 0. The first kappa shape index (κ1) is 8.51. The fourth-order valence-electron chi connectivity index (χ4n) is 1.87. The lowest BCUT2D eigenvalue weighted by molar-refractivity contribution is 0.568. The van der Waals surface area contributed by atoms with Gasteiger partial charge in [0.1, 0.15) is 0 Å². The van der Waals surface area contributed by atoms with E-state index in [4.69, 9.17) is 5.73 Å². The molecule has 0 aliphatic heterocycles. The minimum Gasteiger partial charge on any atom is -0.324 e. The molecule has 0 bridgehead atoms. The first-order valence-corrected chi connectivity index (χ1v) is 5.40. The molecule has 1 nitrogen and oxygen atoms in total. The van der Waals surface area contributed by atoms with E-state index in [1.54, 1.807) is 0 Å². The summed E-state index contributed by atoms with van der Waals surface area (Å²) in [6.45, 7) is 0. The van der Waals surface area contributed by atoms with Gasteiger partial charge in [-0.1, -0.05) is 12.1 Å². The summed E-state index contributed by atoms with van der Waals surface area (Å²) in [6, 6.07) is 6.75. The molecular weight excluding hydrogens is 261 g/mol. The van der Waals surface area contributed by atoms with Crippen molar-refractivity contribution in [3.63, 3.8) is 0 Å². The van der Waals surface area contributed by atoms with Gasteiger partial charge in [0.15, 0.2) is 0 Å². The Morgan fingerprint density at radius 2 is 2.25 bits per heavy atom. The van der Waals surface area contributed by atoms with E-state index in [1.807, 2.05) is 0 Å². The van der Waals surface area contributed by atoms with Crippen molar-refractivity contribution < 1.29 is 0 Å². The molecule has 0 saturated heterocycles. The number of rotatable bonds is 0. The van der Waals surface area contributed by atoms with Crippen LogP contribution in [0.2, 0.25) is 0 Å². The van der Waals surface area contributed by atoms with Crippen LogP contribution in [0, 0.1) is 3.57 Å². The molecule has 64 valence electrons. The van der Waals surface area contributed by atoms with E-state index in [9.17, 15) is 0 Å². The maximum absolute atomic E-state index is 6.04. The SMILES string of the molecule is NC1CCCc2cccc(I)c21. The van der Waals surface area contributed by atoms with Crippen LogP contribution in [-0.4, -0.2) is 0 Å². The Morgan fingerprint density at radius 1 is 1.42 bits per heavy atom. The lowest BCUT2D eigenvalue weighted by Gasteiger charge is -2.23. The smallest absolute Gasteiger partial charge is 0.0308 e. The molecule has 0 saturated carbocycles. The summed E-state index contributed by atoms with van der Waals surface area (Å²) in [5, 5.41) is 0. The van der Waals surface area contributed by atoms with Gasteiger partial charge in [0.25, 0.3) is 0 Å². The second kappa shape index (κ2) is 3.34. The van der Waals surface area contributed by atoms with Crippen molar-refractivity contribution >= 4 is 22.6 Å². The highest BCUT2D eigenvalue weighted by atomic mass is 127. The van der Waals surface area contributed by atoms with Gasteiger partial charge in [-0.2, -0.15) is 0 Å². The number of hydrogen-bond donors (Lipinski definition) is 1. The highest BCUT2D eigenvalue weighted by Gasteiger charge is 2.18. The van der Waals surface area contributed by atoms with Crippen molar-refractivity contribution in [3.05, 3.63) is 32.9 Å². The van der Waals surface area contributed by atoms with Crippen LogP contribution >= 0.6 is 22.6 Å². The van der Waals surface area contributed by atoms with Gasteiger partial charge in [0, 0.05) is 9.61 Å². The van der Waals surface area contributed by atoms with Crippen molar-refractivity contribution in [2.24, 2.45) is 5.73 Å². The van der Waals surface area contributed by atoms with E-state index in [1.165, 1.54) is 27.5 Å². The van der Waals surface area contributed by atoms with Crippen LogP contribution in [0.25, 0.3) is 0 Å². The fraction of sp³-hybridized carbons (Fsp3) is 0.400. The molecule has 2 rings (SSSR count).